The van der Waals surface area contributed by atoms with Crippen LogP contribution in [0.2, 0.25) is 0 Å². The topological polar surface area (TPSA) is 150 Å². The number of nitrogens with zero attached hydrogens (tertiary/aromatic N) is 3. The van der Waals surface area contributed by atoms with Crippen LogP contribution < -0.4 is 25.4 Å². The summed E-state index contributed by atoms with van der Waals surface area (Å²) in [6, 6.07) is 61.9. The largest absolute Gasteiger partial charge is 0.490 e. The summed E-state index contributed by atoms with van der Waals surface area (Å²) in [4.78, 5) is 37.3. The van der Waals surface area contributed by atoms with Gasteiger partial charge in [0.1, 0.15) is 36.9 Å². The lowest BCUT2D eigenvalue weighted by atomic mass is 9.92. The van der Waals surface area contributed by atoms with Gasteiger partial charge in [0.25, 0.3) is 0 Å². The van der Waals surface area contributed by atoms with Gasteiger partial charge in [0.2, 0.25) is 11.8 Å². The second kappa shape index (κ2) is 36.7. The van der Waals surface area contributed by atoms with Gasteiger partial charge in [0.15, 0.2) is 0 Å². The molecule has 3 fully saturated rings. The van der Waals surface area contributed by atoms with Crippen LogP contribution in [-0.2, 0) is 40.0 Å². The molecule has 8 aromatic rings. The van der Waals surface area contributed by atoms with E-state index in [1.807, 2.05) is 60.7 Å². The van der Waals surface area contributed by atoms with Crippen molar-refractivity contribution in [2.75, 3.05) is 65.6 Å². The van der Waals surface area contributed by atoms with Crippen molar-refractivity contribution in [3.8, 4) is 11.5 Å². The Kier molecular flexibility index (Phi) is 27.1. The van der Waals surface area contributed by atoms with Crippen molar-refractivity contribution in [3.63, 3.8) is 0 Å². The predicted octanol–water partition coefficient (Wildman–Crippen LogP) is 13.2. The first-order chi connectivity index (χ1) is 43.4. The van der Waals surface area contributed by atoms with Crippen LogP contribution in [0, 0.1) is 23.7 Å². The van der Waals surface area contributed by atoms with Crippen molar-refractivity contribution in [2.24, 2.45) is 23.7 Å². The van der Waals surface area contributed by atoms with E-state index in [-0.39, 0.29) is 36.4 Å². The highest BCUT2D eigenvalue weighted by Gasteiger charge is 2.26. The molecule has 2 atom stereocenters. The van der Waals surface area contributed by atoms with Crippen molar-refractivity contribution in [2.45, 2.75) is 115 Å². The quantitative estimate of drug-likeness (QED) is 0.0320. The van der Waals surface area contributed by atoms with E-state index in [0.29, 0.717) is 25.0 Å². The summed E-state index contributed by atoms with van der Waals surface area (Å²) < 4.78 is 16.8. The Bertz CT molecular complexity index is 3130. The number of aliphatic hydroxyl groups excluding tert-OH is 1. The fourth-order valence-corrected chi connectivity index (χ4v) is 12.1. The summed E-state index contributed by atoms with van der Waals surface area (Å²) in [7, 11) is 0. The molecule has 0 aliphatic carbocycles. The minimum atomic E-state index is -0.564. The van der Waals surface area contributed by atoms with Gasteiger partial charge in [0.05, 0.1) is 17.6 Å². The second-order valence-corrected chi connectivity index (χ2v) is 24.2. The molecule has 12 nitrogen and oxygen atoms in total. The summed E-state index contributed by atoms with van der Waals surface area (Å²) in [6.45, 7) is 7.89. The maximum Gasteiger partial charge on any atom is 0.223 e. The number of fused-ring (bicyclic) bond motifs is 2. The molecule has 0 bridgehead atoms. The lowest BCUT2D eigenvalue weighted by Crippen LogP contribution is -2.43. The van der Waals surface area contributed by atoms with Crippen LogP contribution in [0.5, 0.6) is 11.5 Å². The predicted molar refractivity (Wildman–Crippen MR) is 355 cm³/mol. The Morgan fingerprint density at radius 2 is 0.932 bits per heavy atom. The number of β-amino-alcohol motifs (C(OH)–C–C–N with tert-alkyl or cyclic N) is 1. The van der Waals surface area contributed by atoms with Gasteiger partial charge in [-0.3, -0.25) is 19.6 Å². The number of benzene rings is 6. The van der Waals surface area contributed by atoms with Crippen LogP contribution in [0.4, 0.5) is 0 Å². The van der Waals surface area contributed by atoms with E-state index in [1.165, 1.54) is 35.1 Å². The maximum absolute atomic E-state index is 13.4. The molecule has 0 spiro atoms. The van der Waals surface area contributed by atoms with E-state index in [9.17, 15) is 14.7 Å². The Morgan fingerprint density at radius 1 is 0.523 bits per heavy atom. The molecule has 0 saturated carbocycles. The molecule has 11 rings (SSSR count). The number of aryl methyl sites for hydroxylation is 4. The van der Waals surface area contributed by atoms with Crippen LogP contribution in [0.1, 0.15) is 99.3 Å². The van der Waals surface area contributed by atoms with E-state index in [0.717, 1.165) is 169 Å². The molecule has 12 heteroatoms. The maximum atomic E-state index is 13.4. The van der Waals surface area contributed by atoms with Crippen molar-refractivity contribution in [1.29, 1.82) is 0 Å². The molecule has 3 saturated heterocycles. The van der Waals surface area contributed by atoms with Gasteiger partial charge in [-0.05, 0) is 212 Å². The molecule has 1 unspecified atom stereocenters. The van der Waals surface area contributed by atoms with Gasteiger partial charge in [0, 0.05) is 54.6 Å². The zero-order valence-corrected chi connectivity index (χ0v) is 51.7. The zero-order chi connectivity index (χ0) is 60.6. The highest BCUT2D eigenvalue weighted by atomic mass is 16.6. The Morgan fingerprint density at radius 3 is 1.35 bits per heavy atom. The molecular formula is C76H94N6O6. The average Bonchev–Trinajstić information content (AvgIpc) is 4.36. The number of epoxide rings is 1. The SMILES string of the molecule is O=C(NCC1CCN(CC(O)COc2cccc3ncccc23)CC1)C(CCCc1ccccc1)CCCc1ccccc1.O=C(NCC1CCNCC1)C(CCCc1ccccc1)CCCc1ccccc1.c1cc(OC[C@H]2CO2)c2cccnc2c1. The average molecular weight is 1190 g/mol. The van der Waals surface area contributed by atoms with Gasteiger partial charge in [-0.25, -0.2) is 0 Å². The number of ether oxygens (including phenoxy) is 3. The third-order valence-electron chi connectivity index (χ3n) is 17.4. The van der Waals surface area contributed by atoms with Crippen molar-refractivity contribution in [3.05, 3.63) is 217 Å². The van der Waals surface area contributed by atoms with Crippen LogP contribution in [0.15, 0.2) is 194 Å². The number of aromatic nitrogens is 2. The van der Waals surface area contributed by atoms with Gasteiger partial charge in [-0.1, -0.05) is 133 Å². The van der Waals surface area contributed by atoms with Crippen LogP contribution in [0.3, 0.4) is 0 Å². The molecule has 4 N–H and O–H groups in total. The number of hydrogen-bond donors (Lipinski definition) is 4. The first-order valence-electron chi connectivity index (χ1n) is 32.8. The number of amides is 2. The number of rotatable bonds is 30. The van der Waals surface area contributed by atoms with Gasteiger partial charge in [-0.2, -0.15) is 0 Å². The van der Waals surface area contributed by atoms with Gasteiger partial charge >= 0.3 is 0 Å². The van der Waals surface area contributed by atoms with Crippen LogP contribution >= 0.6 is 0 Å². The van der Waals surface area contributed by atoms with E-state index in [1.54, 1.807) is 12.4 Å². The third-order valence-corrected chi connectivity index (χ3v) is 17.4. The lowest BCUT2D eigenvalue weighted by Gasteiger charge is -2.33. The molecule has 3 aliphatic rings. The number of hydrogen-bond acceptors (Lipinski definition) is 10. The smallest absolute Gasteiger partial charge is 0.223 e. The fourth-order valence-electron chi connectivity index (χ4n) is 12.1. The molecule has 5 heterocycles. The van der Waals surface area contributed by atoms with Crippen LogP contribution in [0.25, 0.3) is 21.8 Å². The number of aliphatic hydroxyl groups is 1. The monoisotopic (exact) mass is 1190 g/mol. The number of carbonyl (C=O) groups excluding carboxylic acids is 2. The lowest BCUT2D eigenvalue weighted by molar-refractivity contribution is -0.126. The number of nitrogens with one attached hydrogen (secondary N) is 3. The number of pyridine rings is 2. The molecule has 2 aromatic heterocycles. The molecule has 3 aliphatic heterocycles. The summed E-state index contributed by atoms with van der Waals surface area (Å²) in [5.74, 6) is 3.41. The standard InChI is InChI=1S/C38H47N3O3.C26H36N2O.C12H11NO2/c42-34(29-44-37-21-9-20-36-35(37)19-10-24-39-36)28-41-25-22-32(23-26-41)27-40-38(43)33(17-7-15-30-11-3-1-4-12-30)18-8-16-31-13-5-2-6-14-31;29-26(28-21-24-17-19-27-20-18-24)25(15-7-13-22-9-3-1-4-10-22)16-8-14-23-11-5-2-6-12-23;1-4-11-10(3-2-6-13-11)12(5-1)15-8-9-7-14-9/h1-6,9-14,19-21,24,32-34,42H,7-8,15-18,22-23,25-29H2,(H,40,43);1-6,9-12,24-25,27H,7-8,13-21H2,(H,28,29);1-6,9H,7-8H2/t;;9-/m..1/s1. The van der Waals surface area contributed by atoms with Gasteiger partial charge < -0.3 is 40.2 Å². The van der Waals surface area contributed by atoms with E-state index < -0.39 is 6.10 Å². The first kappa shape index (κ1) is 65.0. The second-order valence-electron chi connectivity index (χ2n) is 24.2. The van der Waals surface area contributed by atoms with Gasteiger partial charge in [-0.15, -0.1) is 0 Å². The molecule has 0 radical (unpaired) electrons. The minimum absolute atomic E-state index is 0.0511. The van der Waals surface area contributed by atoms with Crippen molar-refractivity contribution in [1.82, 2.24) is 30.8 Å². The molecule has 464 valence electrons. The summed E-state index contributed by atoms with van der Waals surface area (Å²) in [5.41, 5.74) is 7.26. The molecule has 88 heavy (non-hydrogen) atoms. The Balaban J connectivity index is 0.000000178. The van der Waals surface area contributed by atoms with E-state index in [2.05, 4.69) is 152 Å². The summed E-state index contributed by atoms with van der Waals surface area (Å²) in [5, 5.41) is 22.7. The van der Waals surface area contributed by atoms with Crippen molar-refractivity contribution < 1.29 is 28.9 Å². The van der Waals surface area contributed by atoms with Crippen LogP contribution in [-0.4, -0.2) is 110 Å². The number of likely N-dealkylation sites (tertiary alicyclic amines) is 1. The Hall–Kier alpha value is -7.48. The van der Waals surface area contributed by atoms with E-state index in [4.69, 9.17) is 14.2 Å². The zero-order valence-electron chi connectivity index (χ0n) is 51.7. The first-order valence-corrected chi connectivity index (χ1v) is 32.8. The summed E-state index contributed by atoms with van der Waals surface area (Å²) >= 11 is 0. The number of piperidine rings is 2. The molecular weight excluding hydrogens is 1090 g/mol. The minimum Gasteiger partial charge on any atom is -0.490 e. The highest BCUT2D eigenvalue weighted by molar-refractivity contribution is 5.85. The molecule has 2 amide bonds. The highest BCUT2D eigenvalue weighted by Crippen LogP contribution is 2.27. The molecule has 6 aromatic carbocycles. The Labute approximate surface area is 523 Å². The normalized spacial score (nSPS) is 15.6. The fraction of sp³-hybridized carbons (Fsp3) is 0.421. The summed E-state index contributed by atoms with van der Waals surface area (Å²) in [6.07, 6.45) is 19.8. The van der Waals surface area contributed by atoms with Crippen molar-refractivity contribution >= 4 is 33.6 Å². The van der Waals surface area contributed by atoms with E-state index >= 15 is 0 Å². The third kappa shape index (κ3) is 22.9. The number of carbonyl (C=O) groups is 2.